The van der Waals surface area contributed by atoms with Gasteiger partial charge in [-0.25, -0.2) is 13.6 Å². The molecule has 1 heterocycles. The zero-order valence-corrected chi connectivity index (χ0v) is 11.4. The molecule has 0 aliphatic carbocycles. The van der Waals surface area contributed by atoms with Crippen LogP contribution in [0.3, 0.4) is 0 Å². The summed E-state index contributed by atoms with van der Waals surface area (Å²) >= 11 is 0. The number of ether oxygens (including phenoxy) is 1. The first kappa shape index (κ1) is 15.4. The molecule has 0 bridgehead atoms. The predicted octanol–water partition coefficient (Wildman–Crippen LogP) is 1.82. The molecule has 1 saturated heterocycles. The number of benzene rings is 1. The molecule has 0 spiro atoms. The normalized spacial score (nSPS) is 21.3. The van der Waals surface area contributed by atoms with Crippen molar-refractivity contribution in [1.29, 1.82) is 0 Å². The van der Waals surface area contributed by atoms with Gasteiger partial charge in [0.2, 0.25) is 0 Å². The minimum absolute atomic E-state index is 0.00537. The molecule has 2 atom stereocenters. The Balaban J connectivity index is 2.14. The highest BCUT2D eigenvalue weighted by atomic mass is 19.2. The van der Waals surface area contributed by atoms with Crippen LogP contribution < -0.4 is 5.32 Å². The van der Waals surface area contributed by atoms with Crippen LogP contribution in [0.15, 0.2) is 12.1 Å². The van der Waals surface area contributed by atoms with E-state index in [9.17, 15) is 18.4 Å². The minimum Gasteiger partial charge on any atom is -0.478 e. The first-order chi connectivity index (χ1) is 9.90. The number of carbonyl (C=O) groups excluding carboxylic acids is 1. The van der Waals surface area contributed by atoms with E-state index < -0.39 is 34.6 Å². The van der Waals surface area contributed by atoms with E-state index in [1.54, 1.807) is 0 Å². The third-order valence-electron chi connectivity index (χ3n) is 3.59. The van der Waals surface area contributed by atoms with Gasteiger partial charge in [-0.1, -0.05) is 0 Å². The number of amides is 1. The van der Waals surface area contributed by atoms with Gasteiger partial charge in [0.1, 0.15) is 0 Å². The molecule has 0 saturated carbocycles. The maximum atomic E-state index is 13.2. The van der Waals surface area contributed by atoms with Gasteiger partial charge in [-0.05, 0) is 25.5 Å². The Bertz CT molecular complexity index is 576. The van der Waals surface area contributed by atoms with Gasteiger partial charge in [0.15, 0.2) is 11.6 Å². The fourth-order valence-electron chi connectivity index (χ4n) is 2.27. The summed E-state index contributed by atoms with van der Waals surface area (Å²) in [7, 11) is 0. The quantitative estimate of drug-likeness (QED) is 0.889. The van der Waals surface area contributed by atoms with Crippen molar-refractivity contribution in [3.05, 3.63) is 34.9 Å². The van der Waals surface area contributed by atoms with Crippen LogP contribution in [0.25, 0.3) is 0 Å². The number of hydrogen-bond acceptors (Lipinski definition) is 3. The van der Waals surface area contributed by atoms with Gasteiger partial charge >= 0.3 is 5.97 Å². The summed E-state index contributed by atoms with van der Waals surface area (Å²) in [6.45, 7) is 2.77. The molecule has 21 heavy (non-hydrogen) atoms. The zero-order chi connectivity index (χ0) is 15.6. The lowest BCUT2D eigenvalue weighted by Crippen LogP contribution is -2.33. The molecular formula is C14H15F2NO4. The average Bonchev–Trinajstić information content (AvgIpc) is 2.84. The fourth-order valence-corrected chi connectivity index (χ4v) is 2.27. The van der Waals surface area contributed by atoms with Crippen LogP contribution in [0.1, 0.15) is 34.1 Å². The Morgan fingerprint density at radius 3 is 2.48 bits per heavy atom. The van der Waals surface area contributed by atoms with Crippen LogP contribution in [0, 0.1) is 17.6 Å². The zero-order valence-electron chi connectivity index (χ0n) is 11.4. The van der Waals surface area contributed by atoms with E-state index in [-0.39, 0.29) is 18.6 Å². The van der Waals surface area contributed by atoms with Gasteiger partial charge in [0.25, 0.3) is 5.91 Å². The van der Waals surface area contributed by atoms with E-state index in [0.717, 1.165) is 6.42 Å². The van der Waals surface area contributed by atoms with Crippen molar-refractivity contribution in [2.45, 2.75) is 19.4 Å². The van der Waals surface area contributed by atoms with Gasteiger partial charge in [-0.2, -0.15) is 0 Å². The smallest absolute Gasteiger partial charge is 0.336 e. The third kappa shape index (κ3) is 3.36. The second-order valence-electron chi connectivity index (χ2n) is 4.95. The molecule has 1 fully saturated rings. The summed E-state index contributed by atoms with van der Waals surface area (Å²) in [5.74, 6) is -4.68. The lowest BCUT2D eigenvalue weighted by atomic mass is 10.0. The molecule has 114 valence electrons. The molecule has 1 amide bonds. The summed E-state index contributed by atoms with van der Waals surface area (Å²) < 4.78 is 31.6. The fraction of sp³-hybridized carbons (Fsp3) is 0.429. The first-order valence-corrected chi connectivity index (χ1v) is 6.52. The predicted molar refractivity (Wildman–Crippen MR) is 69.2 cm³/mol. The SMILES string of the molecule is CC1OCCC1CNC(=O)c1cc(F)c(F)cc1C(=O)O. The lowest BCUT2D eigenvalue weighted by Gasteiger charge is -2.15. The number of nitrogens with one attached hydrogen (secondary N) is 1. The Hall–Kier alpha value is -2.02. The number of aromatic carboxylic acids is 1. The van der Waals surface area contributed by atoms with Gasteiger partial charge < -0.3 is 15.2 Å². The second kappa shape index (κ2) is 6.17. The summed E-state index contributed by atoms with van der Waals surface area (Å²) in [6.07, 6.45) is 0.777. The largest absolute Gasteiger partial charge is 0.478 e. The van der Waals surface area contributed by atoms with Crippen LogP contribution in [0.4, 0.5) is 8.78 Å². The number of rotatable bonds is 4. The van der Waals surface area contributed by atoms with E-state index in [4.69, 9.17) is 9.84 Å². The van der Waals surface area contributed by atoms with Gasteiger partial charge in [-0.3, -0.25) is 4.79 Å². The van der Waals surface area contributed by atoms with E-state index >= 15 is 0 Å². The molecule has 2 unspecified atom stereocenters. The van der Waals surface area contributed by atoms with Crippen molar-refractivity contribution >= 4 is 11.9 Å². The summed E-state index contributed by atoms with van der Waals surface area (Å²) in [5, 5.41) is 11.5. The number of halogens is 2. The van der Waals surface area contributed by atoms with Crippen molar-refractivity contribution in [3.63, 3.8) is 0 Å². The second-order valence-corrected chi connectivity index (χ2v) is 4.95. The molecule has 2 N–H and O–H groups in total. The Kier molecular flexibility index (Phi) is 4.52. The van der Waals surface area contributed by atoms with Crippen LogP contribution >= 0.6 is 0 Å². The van der Waals surface area contributed by atoms with Crippen molar-refractivity contribution in [2.75, 3.05) is 13.2 Å². The van der Waals surface area contributed by atoms with E-state index in [2.05, 4.69) is 5.32 Å². The molecular weight excluding hydrogens is 284 g/mol. The maximum Gasteiger partial charge on any atom is 0.336 e. The molecule has 1 aromatic carbocycles. The molecule has 7 heteroatoms. The summed E-state index contributed by atoms with van der Waals surface area (Å²) in [5.41, 5.74) is -0.963. The summed E-state index contributed by atoms with van der Waals surface area (Å²) in [6, 6.07) is 1.11. The Labute approximate surface area is 119 Å². The van der Waals surface area contributed by atoms with Crippen molar-refractivity contribution in [1.82, 2.24) is 5.32 Å². The monoisotopic (exact) mass is 299 g/mol. The number of carboxylic acid groups (broad SMARTS) is 1. The van der Waals surface area contributed by atoms with Crippen LogP contribution in [-0.2, 0) is 4.74 Å². The molecule has 1 aliphatic heterocycles. The average molecular weight is 299 g/mol. The molecule has 0 aromatic heterocycles. The highest BCUT2D eigenvalue weighted by molar-refractivity contribution is 6.04. The third-order valence-corrected chi connectivity index (χ3v) is 3.59. The maximum absolute atomic E-state index is 13.2. The van der Waals surface area contributed by atoms with E-state index in [0.29, 0.717) is 18.7 Å². The van der Waals surface area contributed by atoms with Crippen LogP contribution in [0.2, 0.25) is 0 Å². The minimum atomic E-state index is -1.49. The number of hydrogen-bond donors (Lipinski definition) is 2. The van der Waals surface area contributed by atoms with Gasteiger partial charge in [0.05, 0.1) is 17.2 Å². The van der Waals surface area contributed by atoms with Crippen LogP contribution in [0.5, 0.6) is 0 Å². The van der Waals surface area contributed by atoms with Crippen molar-refractivity contribution in [3.8, 4) is 0 Å². The Morgan fingerprint density at radius 1 is 1.33 bits per heavy atom. The highest BCUT2D eigenvalue weighted by Gasteiger charge is 2.26. The number of carboxylic acids is 1. The van der Waals surface area contributed by atoms with Crippen molar-refractivity contribution in [2.24, 2.45) is 5.92 Å². The topological polar surface area (TPSA) is 75.6 Å². The highest BCUT2D eigenvalue weighted by Crippen LogP contribution is 2.20. The molecule has 1 aliphatic rings. The molecule has 2 rings (SSSR count). The molecule has 5 nitrogen and oxygen atoms in total. The van der Waals surface area contributed by atoms with Gasteiger partial charge in [0, 0.05) is 19.1 Å². The van der Waals surface area contributed by atoms with Crippen LogP contribution in [-0.4, -0.2) is 36.2 Å². The van der Waals surface area contributed by atoms with Gasteiger partial charge in [-0.15, -0.1) is 0 Å². The number of carbonyl (C=O) groups is 2. The van der Waals surface area contributed by atoms with E-state index in [1.807, 2.05) is 6.92 Å². The Morgan fingerprint density at radius 2 is 1.95 bits per heavy atom. The molecule has 1 aromatic rings. The van der Waals surface area contributed by atoms with Crippen molar-refractivity contribution < 1.29 is 28.2 Å². The lowest BCUT2D eigenvalue weighted by molar-refractivity contribution is 0.0689. The summed E-state index contributed by atoms with van der Waals surface area (Å²) in [4.78, 5) is 23.0. The standard InChI is InChI=1S/C14H15F2NO4/c1-7-8(2-3-21-7)6-17-13(18)9-4-11(15)12(16)5-10(9)14(19)20/h4-5,7-8H,2-3,6H2,1H3,(H,17,18)(H,19,20). The van der Waals surface area contributed by atoms with E-state index in [1.165, 1.54) is 0 Å². The molecule has 0 radical (unpaired) electrons. The first-order valence-electron chi connectivity index (χ1n) is 6.52.